The number of nitrogens with two attached hydrogens (primary N) is 1. The molecule has 1 rings (SSSR count). The second-order valence-electron chi connectivity index (χ2n) is 6.02. The SMILES string of the molecule is CC(C)CC(C)NS(=O)(=O)c1cc(CN)n(C(C)C)c1. The summed E-state index contributed by atoms with van der Waals surface area (Å²) in [5.74, 6) is 0.451. The van der Waals surface area contributed by atoms with E-state index in [1.165, 1.54) is 0 Å². The Morgan fingerprint density at radius 1 is 1.25 bits per heavy atom. The average Bonchev–Trinajstić information content (AvgIpc) is 2.71. The van der Waals surface area contributed by atoms with Gasteiger partial charge in [-0.15, -0.1) is 0 Å². The zero-order valence-corrected chi connectivity index (χ0v) is 13.9. The maximum Gasteiger partial charge on any atom is 0.242 e. The smallest absolute Gasteiger partial charge is 0.242 e. The number of rotatable bonds is 7. The second-order valence-corrected chi connectivity index (χ2v) is 7.74. The Hall–Kier alpha value is -0.850. The highest BCUT2D eigenvalue weighted by Crippen LogP contribution is 2.19. The Morgan fingerprint density at radius 2 is 1.85 bits per heavy atom. The summed E-state index contributed by atoms with van der Waals surface area (Å²) in [6.45, 7) is 10.4. The molecule has 0 aliphatic carbocycles. The molecule has 20 heavy (non-hydrogen) atoms. The van der Waals surface area contributed by atoms with Crippen LogP contribution in [-0.4, -0.2) is 19.0 Å². The van der Waals surface area contributed by atoms with E-state index in [1.54, 1.807) is 12.3 Å². The van der Waals surface area contributed by atoms with Gasteiger partial charge in [-0.1, -0.05) is 13.8 Å². The van der Waals surface area contributed by atoms with Crippen LogP contribution in [0.3, 0.4) is 0 Å². The maximum atomic E-state index is 12.4. The number of sulfonamides is 1. The van der Waals surface area contributed by atoms with Gasteiger partial charge < -0.3 is 10.3 Å². The van der Waals surface area contributed by atoms with Crippen molar-refractivity contribution in [2.45, 2.75) is 64.6 Å². The lowest BCUT2D eigenvalue weighted by molar-refractivity contribution is 0.482. The normalized spacial score (nSPS) is 14.2. The van der Waals surface area contributed by atoms with Crippen LogP contribution in [0.5, 0.6) is 0 Å². The van der Waals surface area contributed by atoms with Crippen LogP contribution in [0.1, 0.15) is 52.8 Å². The number of hydrogen-bond acceptors (Lipinski definition) is 3. The van der Waals surface area contributed by atoms with Crippen molar-refractivity contribution in [3.63, 3.8) is 0 Å². The Balaban J connectivity index is 2.98. The summed E-state index contributed by atoms with van der Waals surface area (Å²) in [6.07, 6.45) is 2.48. The van der Waals surface area contributed by atoms with Crippen molar-refractivity contribution in [2.75, 3.05) is 0 Å². The summed E-state index contributed by atoms with van der Waals surface area (Å²) < 4.78 is 29.4. The molecule has 0 bridgehead atoms. The largest absolute Gasteiger partial charge is 0.346 e. The Kier molecular flexibility index (Phi) is 5.79. The molecule has 0 amide bonds. The van der Waals surface area contributed by atoms with Gasteiger partial charge >= 0.3 is 0 Å². The van der Waals surface area contributed by atoms with E-state index in [0.29, 0.717) is 17.4 Å². The van der Waals surface area contributed by atoms with Gasteiger partial charge in [0.05, 0.1) is 4.90 Å². The van der Waals surface area contributed by atoms with Gasteiger partial charge in [-0.3, -0.25) is 0 Å². The molecular weight excluding hydrogens is 274 g/mol. The fourth-order valence-corrected chi connectivity index (χ4v) is 3.68. The summed E-state index contributed by atoms with van der Waals surface area (Å²) >= 11 is 0. The first-order valence-corrected chi connectivity index (χ1v) is 8.58. The topological polar surface area (TPSA) is 77.1 Å². The van der Waals surface area contributed by atoms with Crippen LogP contribution >= 0.6 is 0 Å². The van der Waals surface area contributed by atoms with Crippen molar-refractivity contribution < 1.29 is 8.42 Å². The molecule has 5 nitrogen and oxygen atoms in total. The van der Waals surface area contributed by atoms with Crippen LogP contribution in [0.4, 0.5) is 0 Å². The molecule has 0 spiro atoms. The van der Waals surface area contributed by atoms with Crippen molar-refractivity contribution in [3.05, 3.63) is 18.0 Å². The third kappa shape index (κ3) is 4.33. The van der Waals surface area contributed by atoms with Crippen LogP contribution in [0.2, 0.25) is 0 Å². The van der Waals surface area contributed by atoms with Crippen molar-refractivity contribution in [1.29, 1.82) is 0 Å². The molecule has 1 atom stereocenters. The minimum Gasteiger partial charge on any atom is -0.346 e. The van der Waals surface area contributed by atoms with E-state index < -0.39 is 10.0 Å². The highest BCUT2D eigenvalue weighted by atomic mass is 32.2. The Bertz CT molecular complexity index is 533. The molecule has 0 saturated heterocycles. The monoisotopic (exact) mass is 301 g/mol. The standard InChI is InChI=1S/C14H27N3O2S/c1-10(2)6-12(5)16-20(18,19)14-7-13(8-15)17(9-14)11(3)4/h7,9-12,16H,6,8,15H2,1-5H3. The molecule has 0 radical (unpaired) electrons. The van der Waals surface area contributed by atoms with E-state index in [2.05, 4.69) is 18.6 Å². The summed E-state index contributed by atoms with van der Waals surface area (Å²) in [5.41, 5.74) is 6.51. The van der Waals surface area contributed by atoms with Gasteiger partial charge in [0.15, 0.2) is 0 Å². The third-order valence-corrected chi connectivity index (χ3v) is 4.72. The van der Waals surface area contributed by atoms with Crippen molar-refractivity contribution >= 4 is 10.0 Å². The van der Waals surface area contributed by atoms with Gasteiger partial charge in [0, 0.05) is 30.5 Å². The summed E-state index contributed by atoms with van der Waals surface area (Å²) in [7, 11) is -3.48. The zero-order chi connectivity index (χ0) is 15.5. The number of nitrogens with one attached hydrogen (secondary N) is 1. The van der Waals surface area contributed by atoms with E-state index in [4.69, 9.17) is 5.73 Å². The summed E-state index contributed by atoms with van der Waals surface area (Å²) in [6, 6.07) is 1.76. The maximum absolute atomic E-state index is 12.4. The van der Waals surface area contributed by atoms with Gasteiger partial charge in [0.2, 0.25) is 10.0 Å². The molecule has 1 unspecified atom stereocenters. The first-order chi connectivity index (χ1) is 9.17. The predicted molar refractivity (Wildman–Crippen MR) is 81.9 cm³/mol. The molecule has 0 aromatic carbocycles. The molecule has 1 aromatic heterocycles. The van der Waals surface area contributed by atoms with Crippen molar-refractivity contribution in [3.8, 4) is 0 Å². The Morgan fingerprint density at radius 3 is 2.25 bits per heavy atom. The summed E-state index contributed by atoms with van der Waals surface area (Å²) in [4.78, 5) is 0.294. The molecule has 1 aromatic rings. The van der Waals surface area contributed by atoms with Crippen molar-refractivity contribution in [2.24, 2.45) is 11.7 Å². The number of hydrogen-bond donors (Lipinski definition) is 2. The average molecular weight is 301 g/mol. The minimum atomic E-state index is -3.48. The van der Waals surface area contributed by atoms with E-state index in [9.17, 15) is 8.42 Å². The minimum absolute atomic E-state index is 0.0799. The van der Waals surface area contributed by atoms with Crippen LogP contribution < -0.4 is 10.5 Å². The fourth-order valence-electron chi connectivity index (χ4n) is 2.38. The molecule has 0 saturated carbocycles. The van der Waals surface area contributed by atoms with E-state index >= 15 is 0 Å². The lowest BCUT2D eigenvalue weighted by Gasteiger charge is -2.15. The van der Waals surface area contributed by atoms with Crippen molar-refractivity contribution in [1.82, 2.24) is 9.29 Å². The van der Waals surface area contributed by atoms with E-state index in [-0.39, 0.29) is 12.1 Å². The van der Waals surface area contributed by atoms with Crippen LogP contribution in [0, 0.1) is 5.92 Å². The second kappa shape index (κ2) is 6.74. The van der Waals surface area contributed by atoms with E-state index in [1.807, 2.05) is 25.3 Å². The van der Waals surface area contributed by atoms with E-state index in [0.717, 1.165) is 12.1 Å². The molecule has 1 heterocycles. The van der Waals surface area contributed by atoms with Gasteiger partial charge in [-0.2, -0.15) is 0 Å². The van der Waals surface area contributed by atoms with Crippen LogP contribution in [-0.2, 0) is 16.6 Å². The molecule has 6 heteroatoms. The first-order valence-electron chi connectivity index (χ1n) is 7.10. The number of nitrogens with zero attached hydrogens (tertiary/aromatic N) is 1. The van der Waals surface area contributed by atoms with Crippen LogP contribution in [0.15, 0.2) is 17.2 Å². The zero-order valence-electron chi connectivity index (χ0n) is 13.1. The predicted octanol–water partition coefficient (Wildman–Crippen LogP) is 2.24. The Labute approximate surface area is 122 Å². The molecular formula is C14H27N3O2S. The fraction of sp³-hybridized carbons (Fsp3) is 0.714. The van der Waals surface area contributed by atoms with Gasteiger partial charge in [0.25, 0.3) is 0 Å². The van der Waals surface area contributed by atoms with Gasteiger partial charge in [-0.05, 0) is 39.2 Å². The molecule has 0 aliphatic heterocycles. The van der Waals surface area contributed by atoms with Crippen LogP contribution in [0.25, 0.3) is 0 Å². The third-order valence-electron chi connectivity index (χ3n) is 3.16. The van der Waals surface area contributed by atoms with Gasteiger partial charge in [-0.25, -0.2) is 13.1 Å². The highest BCUT2D eigenvalue weighted by Gasteiger charge is 2.21. The summed E-state index contributed by atoms with van der Waals surface area (Å²) in [5, 5.41) is 0. The highest BCUT2D eigenvalue weighted by molar-refractivity contribution is 7.89. The molecule has 116 valence electrons. The lowest BCUT2D eigenvalue weighted by Crippen LogP contribution is -2.33. The molecule has 3 N–H and O–H groups in total. The quantitative estimate of drug-likeness (QED) is 0.811. The molecule has 0 aliphatic rings. The lowest BCUT2D eigenvalue weighted by atomic mass is 10.1. The molecule has 0 fully saturated rings. The first kappa shape index (κ1) is 17.2. The number of aromatic nitrogens is 1. The van der Waals surface area contributed by atoms with Gasteiger partial charge in [0.1, 0.15) is 0 Å².